The fourth-order valence-electron chi connectivity index (χ4n) is 3.17. The van der Waals surface area contributed by atoms with Crippen LogP contribution >= 0.6 is 0 Å². The lowest BCUT2D eigenvalue weighted by Gasteiger charge is -2.37. The summed E-state index contributed by atoms with van der Waals surface area (Å²) in [5.74, 6) is 0. The Kier molecular flexibility index (Phi) is 4.70. The second-order valence-corrected chi connectivity index (χ2v) is 7.74. The van der Waals surface area contributed by atoms with E-state index in [9.17, 15) is 10.1 Å². The van der Waals surface area contributed by atoms with Gasteiger partial charge in [-0.2, -0.15) is 5.26 Å². The van der Waals surface area contributed by atoms with E-state index < -0.39 is 11.0 Å². The fourth-order valence-corrected chi connectivity index (χ4v) is 3.17. The molecule has 124 valence electrons. The molecule has 0 unspecified atom stereocenters. The van der Waals surface area contributed by atoms with Gasteiger partial charge in [0.1, 0.15) is 5.60 Å². The number of likely N-dealkylation sites (tertiary alicyclic amines) is 1. The first-order chi connectivity index (χ1) is 10.7. The van der Waals surface area contributed by atoms with Crippen LogP contribution in [0.4, 0.5) is 4.79 Å². The van der Waals surface area contributed by atoms with Gasteiger partial charge in [-0.05, 0) is 53.0 Å². The summed E-state index contributed by atoms with van der Waals surface area (Å²) in [6, 6.07) is 12.2. The molecule has 1 heterocycles. The summed E-state index contributed by atoms with van der Waals surface area (Å²) in [4.78, 5) is 14.6. The van der Waals surface area contributed by atoms with Gasteiger partial charge in [-0.3, -0.25) is 4.90 Å². The highest BCUT2D eigenvalue weighted by molar-refractivity contribution is 5.70. The van der Waals surface area contributed by atoms with Crippen molar-refractivity contribution in [3.8, 4) is 6.07 Å². The molecule has 0 radical (unpaired) electrons. The minimum absolute atomic E-state index is 0.0383. The van der Waals surface area contributed by atoms with Crippen molar-refractivity contribution in [1.82, 2.24) is 4.90 Å². The molecule has 2 rings (SSSR count). The molecular weight excluding hydrogens is 288 g/mol. The number of amides is 1. The molecule has 1 amide bonds. The topological polar surface area (TPSA) is 53.3 Å². The van der Waals surface area contributed by atoms with E-state index in [1.54, 1.807) is 4.90 Å². The molecule has 1 fully saturated rings. The summed E-state index contributed by atoms with van der Waals surface area (Å²) in [5.41, 5.74) is -0.0718. The quantitative estimate of drug-likeness (QED) is 0.796. The fraction of sp³-hybridized carbons (Fsp3) is 0.579. The van der Waals surface area contributed by atoms with Crippen molar-refractivity contribution in [1.29, 1.82) is 5.26 Å². The molecule has 23 heavy (non-hydrogen) atoms. The van der Waals surface area contributed by atoms with Gasteiger partial charge in [-0.15, -0.1) is 0 Å². The number of benzene rings is 1. The van der Waals surface area contributed by atoms with E-state index in [2.05, 4.69) is 6.07 Å². The zero-order valence-corrected chi connectivity index (χ0v) is 14.7. The molecule has 1 saturated heterocycles. The van der Waals surface area contributed by atoms with Crippen LogP contribution in [-0.4, -0.2) is 22.6 Å². The average molecular weight is 314 g/mol. The third kappa shape index (κ3) is 3.85. The van der Waals surface area contributed by atoms with Gasteiger partial charge in [-0.25, -0.2) is 4.79 Å². The molecule has 1 aliphatic heterocycles. The van der Waals surface area contributed by atoms with Gasteiger partial charge in [0.15, 0.2) is 0 Å². The predicted octanol–water partition coefficient (Wildman–Crippen LogP) is 4.68. The number of carbonyl (C=O) groups is 1. The molecule has 0 N–H and O–H groups in total. The van der Waals surface area contributed by atoms with Gasteiger partial charge in [0, 0.05) is 0 Å². The molecule has 0 aromatic heterocycles. The number of hydrogen-bond donors (Lipinski definition) is 0. The van der Waals surface area contributed by atoms with Gasteiger partial charge < -0.3 is 4.74 Å². The normalized spacial score (nSPS) is 21.8. The standard InChI is InChI=1S/C19H26N2O2/c1-18(2,3)23-17(22)21-15(14-9-7-6-8-10-14)11-12-16(21)19(4,5)13-20/h6-10,15-16H,11-12H2,1-5H3/t15-,16+/m0/s1. The van der Waals surface area contributed by atoms with Gasteiger partial charge in [0.05, 0.1) is 23.6 Å². The molecule has 0 spiro atoms. The summed E-state index contributed by atoms with van der Waals surface area (Å²) in [6.45, 7) is 9.37. The lowest BCUT2D eigenvalue weighted by Crippen LogP contribution is -2.46. The molecule has 1 aromatic rings. The number of nitrogens with zero attached hydrogens (tertiary/aromatic N) is 2. The zero-order chi connectivity index (χ0) is 17.3. The van der Waals surface area contributed by atoms with Gasteiger partial charge in [0.2, 0.25) is 0 Å². The highest BCUT2D eigenvalue weighted by Crippen LogP contribution is 2.43. The maximum absolute atomic E-state index is 12.8. The van der Waals surface area contributed by atoms with Gasteiger partial charge in [-0.1, -0.05) is 30.3 Å². The summed E-state index contributed by atoms with van der Waals surface area (Å²) < 4.78 is 5.62. The van der Waals surface area contributed by atoms with Crippen LogP contribution in [0.2, 0.25) is 0 Å². The smallest absolute Gasteiger partial charge is 0.411 e. The molecular formula is C19H26N2O2. The second kappa shape index (κ2) is 6.23. The van der Waals surface area contributed by atoms with Crippen molar-refractivity contribution in [3.63, 3.8) is 0 Å². The van der Waals surface area contributed by atoms with Crippen LogP contribution in [0, 0.1) is 16.7 Å². The minimum Gasteiger partial charge on any atom is -0.444 e. The Morgan fingerprint density at radius 3 is 2.30 bits per heavy atom. The van der Waals surface area contributed by atoms with E-state index in [0.717, 1.165) is 18.4 Å². The predicted molar refractivity (Wildman–Crippen MR) is 89.7 cm³/mol. The van der Waals surface area contributed by atoms with Crippen LogP contribution in [0.1, 0.15) is 59.1 Å². The van der Waals surface area contributed by atoms with E-state index in [1.165, 1.54) is 0 Å². The number of hydrogen-bond acceptors (Lipinski definition) is 3. The summed E-state index contributed by atoms with van der Waals surface area (Å²) in [6.07, 6.45) is 1.32. The van der Waals surface area contributed by atoms with Crippen molar-refractivity contribution in [2.45, 2.75) is 65.1 Å². The average Bonchev–Trinajstić information content (AvgIpc) is 2.92. The van der Waals surface area contributed by atoms with Crippen LogP contribution in [0.5, 0.6) is 0 Å². The molecule has 4 heteroatoms. The Hall–Kier alpha value is -2.02. The Morgan fingerprint density at radius 2 is 1.78 bits per heavy atom. The van der Waals surface area contributed by atoms with Crippen molar-refractivity contribution >= 4 is 6.09 Å². The summed E-state index contributed by atoms with van der Waals surface area (Å²) >= 11 is 0. The Bertz CT molecular complexity index is 596. The number of nitriles is 1. The van der Waals surface area contributed by atoms with Crippen LogP contribution in [0.3, 0.4) is 0 Å². The van der Waals surface area contributed by atoms with Crippen molar-refractivity contribution in [2.24, 2.45) is 5.41 Å². The third-order valence-electron chi connectivity index (χ3n) is 4.29. The van der Waals surface area contributed by atoms with E-state index in [0.29, 0.717) is 0 Å². The second-order valence-electron chi connectivity index (χ2n) is 7.74. The maximum Gasteiger partial charge on any atom is 0.411 e. The molecule has 4 nitrogen and oxygen atoms in total. The first kappa shape index (κ1) is 17.3. The molecule has 0 saturated carbocycles. The largest absolute Gasteiger partial charge is 0.444 e. The Morgan fingerprint density at radius 1 is 1.17 bits per heavy atom. The summed E-state index contributed by atoms with van der Waals surface area (Å²) in [5, 5.41) is 9.51. The highest BCUT2D eigenvalue weighted by Gasteiger charge is 2.46. The molecule has 0 aliphatic carbocycles. The SMILES string of the molecule is CC(C)(C)OC(=O)N1[C@H](c2ccccc2)CC[C@@H]1C(C)(C)C#N. The monoisotopic (exact) mass is 314 g/mol. The molecule has 1 aromatic carbocycles. The summed E-state index contributed by atoms with van der Waals surface area (Å²) in [7, 11) is 0. The lowest BCUT2D eigenvalue weighted by molar-refractivity contribution is 0.00585. The molecule has 0 bridgehead atoms. The van der Waals surface area contributed by atoms with E-state index >= 15 is 0 Å². The Labute approximate surface area is 139 Å². The first-order valence-corrected chi connectivity index (χ1v) is 8.13. The van der Waals surface area contributed by atoms with Crippen LogP contribution < -0.4 is 0 Å². The number of rotatable bonds is 2. The lowest BCUT2D eigenvalue weighted by atomic mass is 9.84. The highest BCUT2D eigenvalue weighted by atomic mass is 16.6. The molecule has 1 aliphatic rings. The van der Waals surface area contributed by atoms with Crippen LogP contribution in [0.25, 0.3) is 0 Å². The Balaban J connectivity index is 2.37. The third-order valence-corrected chi connectivity index (χ3v) is 4.29. The van der Waals surface area contributed by atoms with Crippen molar-refractivity contribution in [2.75, 3.05) is 0 Å². The maximum atomic E-state index is 12.8. The number of carbonyl (C=O) groups excluding carboxylic acids is 1. The van der Waals surface area contributed by atoms with E-state index in [4.69, 9.17) is 4.74 Å². The van der Waals surface area contributed by atoms with Crippen LogP contribution in [-0.2, 0) is 4.74 Å². The van der Waals surface area contributed by atoms with E-state index in [-0.39, 0.29) is 18.2 Å². The first-order valence-electron chi connectivity index (χ1n) is 8.13. The number of ether oxygens (including phenoxy) is 1. The molecule has 2 atom stereocenters. The van der Waals surface area contributed by atoms with Crippen LogP contribution in [0.15, 0.2) is 30.3 Å². The van der Waals surface area contributed by atoms with Gasteiger partial charge >= 0.3 is 6.09 Å². The zero-order valence-electron chi connectivity index (χ0n) is 14.7. The van der Waals surface area contributed by atoms with Gasteiger partial charge in [0.25, 0.3) is 0 Å². The van der Waals surface area contributed by atoms with E-state index in [1.807, 2.05) is 65.0 Å². The minimum atomic E-state index is -0.611. The van der Waals surface area contributed by atoms with Crippen molar-refractivity contribution < 1.29 is 9.53 Å². The van der Waals surface area contributed by atoms with Crippen molar-refractivity contribution in [3.05, 3.63) is 35.9 Å².